The average molecular weight is 487 g/mol. The van der Waals surface area contributed by atoms with Crippen molar-refractivity contribution < 1.29 is 19.3 Å². The number of nitro benzene ring substituents is 1. The Balaban J connectivity index is 1.30. The fourth-order valence-corrected chi connectivity index (χ4v) is 4.19. The summed E-state index contributed by atoms with van der Waals surface area (Å²) in [7, 11) is 0. The third-order valence-electron chi connectivity index (χ3n) is 5.54. The third-order valence-corrected chi connectivity index (χ3v) is 6.03. The molecule has 0 saturated carbocycles. The molecule has 10 heteroatoms. The summed E-state index contributed by atoms with van der Waals surface area (Å²) < 4.78 is 0.719. The Bertz CT molecular complexity index is 1060. The van der Waals surface area contributed by atoms with Crippen LogP contribution in [0.4, 0.5) is 11.4 Å². The van der Waals surface area contributed by atoms with Gasteiger partial charge in [-0.1, -0.05) is 15.9 Å². The second kappa shape index (κ2) is 8.46. The van der Waals surface area contributed by atoms with Gasteiger partial charge in [-0.3, -0.25) is 29.4 Å². The van der Waals surface area contributed by atoms with E-state index in [0.29, 0.717) is 37.3 Å². The average Bonchev–Trinajstić information content (AvgIpc) is 3.01. The molecule has 0 aliphatic carbocycles. The molecule has 0 unspecified atom stereocenters. The fourth-order valence-electron chi connectivity index (χ4n) is 3.83. The standard InChI is InChI=1S/C21H19BrN4O5/c22-14-1-6-17-18(13-14)21(29)25(20(17)28)8-7-19(27)24-11-9-23(10-12-24)15-2-4-16(5-3-15)26(30)31/h1-6,13H,7-12H2. The van der Waals surface area contributed by atoms with Crippen LogP contribution in [0.3, 0.4) is 0 Å². The molecular weight excluding hydrogens is 468 g/mol. The Kier molecular flexibility index (Phi) is 5.73. The van der Waals surface area contributed by atoms with E-state index in [1.807, 2.05) is 0 Å². The van der Waals surface area contributed by atoms with E-state index < -0.39 is 4.92 Å². The van der Waals surface area contributed by atoms with E-state index >= 15 is 0 Å². The van der Waals surface area contributed by atoms with Gasteiger partial charge in [0.1, 0.15) is 0 Å². The number of hydrogen-bond donors (Lipinski definition) is 0. The predicted octanol–water partition coefficient (Wildman–Crippen LogP) is 2.69. The Morgan fingerprint density at radius 2 is 1.61 bits per heavy atom. The topological polar surface area (TPSA) is 104 Å². The van der Waals surface area contributed by atoms with Gasteiger partial charge in [-0.15, -0.1) is 0 Å². The Hall–Kier alpha value is -3.27. The van der Waals surface area contributed by atoms with E-state index in [-0.39, 0.29) is 36.4 Å². The molecule has 0 bridgehead atoms. The second-order valence-corrected chi connectivity index (χ2v) is 8.26. The first-order valence-electron chi connectivity index (χ1n) is 9.78. The highest BCUT2D eigenvalue weighted by Crippen LogP contribution is 2.26. The Morgan fingerprint density at radius 3 is 2.26 bits per heavy atom. The van der Waals surface area contributed by atoms with Crippen molar-refractivity contribution >= 4 is 45.0 Å². The number of benzene rings is 2. The van der Waals surface area contributed by atoms with Gasteiger partial charge >= 0.3 is 0 Å². The number of halogens is 1. The zero-order valence-electron chi connectivity index (χ0n) is 16.5. The lowest BCUT2D eigenvalue weighted by atomic mass is 10.1. The molecular formula is C21H19BrN4O5. The summed E-state index contributed by atoms with van der Waals surface area (Å²) in [4.78, 5) is 52.9. The molecule has 0 spiro atoms. The molecule has 160 valence electrons. The van der Waals surface area contributed by atoms with E-state index in [0.717, 1.165) is 15.1 Å². The van der Waals surface area contributed by atoms with Crippen molar-refractivity contribution in [1.82, 2.24) is 9.80 Å². The third kappa shape index (κ3) is 4.15. The van der Waals surface area contributed by atoms with Crippen molar-refractivity contribution in [2.45, 2.75) is 6.42 Å². The first-order valence-corrected chi connectivity index (χ1v) is 10.6. The summed E-state index contributed by atoms with van der Waals surface area (Å²) >= 11 is 3.30. The van der Waals surface area contributed by atoms with Gasteiger partial charge in [-0.25, -0.2) is 0 Å². The van der Waals surface area contributed by atoms with Crippen LogP contribution in [0.2, 0.25) is 0 Å². The summed E-state index contributed by atoms with van der Waals surface area (Å²) in [6.45, 7) is 2.26. The number of fused-ring (bicyclic) bond motifs is 1. The van der Waals surface area contributed by atoms with Gasteiger partial charge < -0.3 is 9.80 Å². The number of non-ortho nitro benzene ring substituents is 1. The molecule has 3 amide bonds. The smallest absolute Gasteiger partial charge is 0.269 e. The van der Waals surface area contributed by atoms with Crippen molar-refractivity contribution in [2.24, 2.45) is 0 Å². The lowest BCUT2D eigenvalue weighted by Crippen LogP contribution is -2.49. The molecule has 2 heterocycles. The number of nitro groups is 1. The molecule has 0 radical (unpaired) electrons. The van der Waals surface area contributed by atoms with Crippen molar-refractivity contribution in [1.29, 1.82) is 0 Å². The fraction of sp³-hybridized carbons (Fsp3) is 0.286. The molecule has 2 aromatic rings. The van der Waals surface area contributed by atoms with Gasteiger partial charge in [0.05, 0.1) is 16.1 Å². The zero-order valence-corrected chi connectivity index (χ0v) is 18.1. The summed E-state index contributed by atoms with van der Waals surface area (Å²) in [5.74, 6) is -0.860. The minimum Gasteiger partial charge on any atom is -0.368 e. The molecule has 2 aromatic carbocycles. The number of nitrogens with zero attached hydrogens (tertiary/aromatic N) is 4. The van der Waals surface area contributed by atoms with Gasteiger partial charge in [-0.05, 0) is 30.3 Å². The van der Waals surface area contributed by atoms with Crippen LogP contribution >= 0.6 is 15.9 Å². The van der Waals surface area contributed by atoms with Gasteiger partial charge in [0.2, 0.25) is 5.91 Å². The molecule has 4 rings (SSSR count). The van der Waals surface area contributed by atoms with Gasteiger partial charge in [0.15, 0.2) is 0 Å². The predicted molar refractivity (Wildman–Crippen MR) is 116 cm³/mol. The maximum Gasteiger partial charge on any atom is 0.269 e. The quantitative estimate of drug-likeness (QED) is 0.365. The number of rotatable bonds is 5. The van der Waals surface area contributed by atoms with E-state index in [9.17, 15) is 24.5 Å². The summed E-state index contributed by atoms with van der Waals surface area (Å²) in [5, 5.41) is 10.8. The number of carbonyl (C=O) groups is 3. The lowest BCUT2D eigenvalue weighted by molar-refractivity contribution is -0.384. The lowest BCUT2D eigenvalue weighted by Gasteiger charge is -2.36. The van der Waals surface area contributed by atoms with Gasteiger partial charge in [-0.2, -0.15) is 0 Å². The molecule has 9 nitrogen and oxygen atoms in total. The van der Waals surface area contributed by atoms with Crippen LogP contribution in [0.15, 0.2) is 46.9 Å². The molecule has 2 aliphatic heterocycles. The highest BCUT2D eigenvalue weighted by Gasteiger charge is 2.36. The largest absolute Gasteiger partial charge is 0.368 e. The summed E-state index contributed by atoms with van der Waals surface area (Å²) in [6, 6.07) is 11.3. The monoisotopic (exact) mass is 486 g/mol. The molecule has 0 N–H and O–H groups in total. The number of piperazine rings is 1. The molecule has 1 saturated heterocycles. The van der Waals surface area contributed by atoms with E-state index in [2.05, 4.69) is 20.8 Å². The van der Waals surface area contributed by atoms with Crippen molar-refractivity contribution in [3.05, 3.63) is 68.2 Å². The number of amides is 3. The van der Waals surface area contributed by atoms with E-state index in [4.69, 9.17) is 0 Å². The molecule has 1 fully saturated rings. The normalized spacial score (nSPS) is 16.0. The van der Waals surface area contributed by atoms with E-state index in [1.165, 1.54) is 12.1 Å². The van der Waals surface area contributed by atoms with Crippen LogP contribution in [0.1, 0.15) is 27.1 Å². The SMILES string of the molecule is O=C(CCN1C(=O)c2ccc(Br)cc2C1=O)N1CCN(c2ccc([N+](=O)[O-])cc2)CC1. The molecule has 31 heavy (non-hydrogen) atoms. The van der Waals surface area contributed by atoms with Crippen LogP contribution in [0, 0.1) is 10.1 Å². The minimum absolute atomic E-state index is 0.0399. The zero-order chi connectivity index (χ0) is 22.1. The Labute approximate surface area is 186 Å². The summed E-state index contributed by atoms with van der Waals surface area (Å²) in [5.41, 5.74) is 1.62. The van der Waals surface area contributed by atoms with Gasteiger partial charge in [0, 0.05) is 61.4 Å². The highest BCUT2D eigenvalue weighted by molar-refractivity contribution is 9.10. The maximum atomic E-state index is 12.6. The van der Waals surface area contributed by atoms with Crippen molar-refractivity contribution in [3.63, 3.8) is 0 Å². The molecule has 0 aromatic heterocycles. The number of anilines is 1. The van der Waals surface area contributed by atoms with Crippen LogP contribution in [-0.4, -0.2) is 65.2 Å². The van der Waals surface area contributed by atoms with Crippen LogP contribution < -0.4 is 4.90 Å². The first-order chi connectivity index (χ1) is 14.8. The Morgan fingerprint density at radius 1 is 0.968 bits per heavy atom. The van der Waals surface area contributed by atoms with Gasteiger partial charge in [0.25, 0.3) is 17.5 Å². The van der Waals surface area contributed by atoms with Crippen LogP contribution in [-0.2, 0) is 4.79 Å². The second-order valence-electron chi connectivity index (χ2n) is 7.34. The van der Waals surface area contributed by atoms with E-state index in [1.54, 1.807) is 35.2 Å². The van der Waals surface area contributed by atoms with Crippen LogP contribution in [0.5, 0.6) is 0 Å². The highest BCUT2D eigenvalue weighted by atomic mass is 79.9. The van der Waals surface area contributed by atoms with Crippen molar-refractivity contribution in [3.8, 4) is 0 Å². The molecule has 0 atom stereocenters. The maximum absolute atomic E-state index is 12.6. The number of hydrogen-bond acceptors (Lipinski definition) is 6. The minimum atomic E-state index is -0.437. The van der Waals surface area contributed by atoms with Crippen molar-refractivity contribution in [2.75, 3.05) is 37.6 Å². The number of carbonyl (C=O) groups excluding carboxylic acids is 3. The summed E-state index contributed by atoms with van der Waals surface area (Å²) in [6.07, 6.45) is 0.0736. The molecule has 2 aliphatic rings. The number of imide groups is 1. The van der Waals surface area contributed by atoms with Crippen LogP contribution in [0.25, 0.3) is 0 Å². The first kappa shape index (κ1) is 21.0.